The van der Waals surface area contributed by atoms with Crippen LogP contribution in [-0.2, 0) is 0 Å². The van der Waals surface area contributed by atoms with Crippen LogP contribution >= 0.6 is 11.8 Å². The fourth-order valence-electron chi connectivity index (χ4n) is 2.97. The molecule has 1 atom stereocenters. The summed E-state index contributed by atoms with van der Waals surface area (Å²) in [5.74, 6) is -0.728. The third-order valence-corrected chi connectivity index (χ3v) is 5.91. The van der Waals surface area contributed by atoms with Gasteiger partial charge in [-0.3, -0.25) is 14.7 Å². The molecule has 0 saturated carbocycles. The number of nitrogens with one attached hydrogen (secondary N) is 1. The number of aliphatic imine (C=N–C) groups is 1. The Kier molecular flexibility index (Phi) is 8.10. The number of thioether (sulfide) groups is 1. The van der Waals surface area contributed by atoms with Crippen molar-refractivity contribution in [3.63, 3.8) is 0 Å². The predicted octanol–water partition coefficient (Wildman–Crippen LogP) is 4.28. The van der Waals surface area contributed by atoms with Gasteiger partial charge in [0.1, 0.15) is 16.9 Å². The van der Waals surface area contributed by atoms with Crippen LogP contribution in [0.4, 0.5) is 4.39 Å². The van der Waals surface area contributed by atoms with Gasteiger partial charge in [-0.25, -0.2) is 14.4 Å². The number of amides is 1. The molecule has 8 heteroatoms. The first kappa shape index (κ1) is 22.1. The van der Waals surface area contributed by atoms with E-state index in [1.54, 1.807) is 24.5 Å². The highest BCUT2D eigenvalue weighted by molar-refractivity contribution is 8.08. The summed E-state index contributed by atoms with van der Waals surface area (Å²) < 4.78 is 13.4. The van der Waals surface area contributed by atoms with Crippen molar-refractivity contribution in [3.05, 3.63) is 65.6 Å². The van der Waals surface area contributed by atoms with Crippen molar-refractivity contribution in [1.29, 1.82) is 0 Å². The van der Waals surface area contributed by atoms with Gasteiger partial charge in [0.15, 0.2) is 0 Å². The third kappa shape index (κ3) is 5.96. The average Bonchev–Trinajstić information content (AvgIpc) is 3.26. The van der Waals surface area contributed by atoms with Crippen LogP contribution in [-0.4, -0.2) is 46.6 Å². The minimum absolute atomic E-state index is 0.148. The number of hydrogen-bond acceptors (Lipinski definition) is 6. The maximum Gasteiger partial charge on any atom is 0.295 e. The Morgan fingerprint density at radius 3 is 3.00 bits per heavy atom. The van der Waals surface area contributed by atoms with E-state index in [0.717, 1.165) is 36.4 Å². The molecular formula is C22H26FN5OS. The molecule has 6 nitrogen and oxygen atoms in total. The van der Waals surface area contributed by atoms with Crippen molar-refractivity contribution in [3.8, 4) is 0 Å². The zero-order chi connectivity index (χ0) is 21.3. The maximum absolute atomic E-state index is 13.4. The average molecular weight is 428 g/mol. The molecule has 0 fully saturated rings. The van der Waals surface area contributed by atoms with Crippen molar-refractivity contribution >= 4 is 28.8 Å². The van der Waals surface area contributed by atoms with E-state index in [2.05, 4.69) is 39.0 Å². The second kappa shape index (κ2) is 11.0. The highest BCUT2D eigenvalue weighted by Gasteiger charge is 2.22. The number of carbonyl (C=O) groups is 1. The monoisotopic (exact) mass is 427 g/mol. The van der Waals surface area contributed by atoms with Gasteiger partial charge in [-0.05, 0) is 37.7 Å². The van der Waals surface area contributed by atoms with Crippen LogP contribution in [0.5, 0.6) is 0 Å². The summed E-state index contributed by atoms with van der Waals surface area (Å²) in [6.07, 6.45) is 8.57. The third-order valence-electron chi connectivity index (χ3n) is 4.68. The molecule has 0 bridgehead atoms. The normalized spacial score (nSPS) is 16.1. The SMILES string of the molecule is CCCCN(CC)CC=NC(=O)c1cccc(C2=CNC(c3cncc(F)c3)S2)n1. The number of rotatable bonds is 9. The predicted molar refractivity (Wildman–Crippen MR) is 120 cm³/mol. The van der Waals surface area contributed by atoms with E-state index in [-0.39, 0.29) is 17.1 Å². The zero-order valence-electron chi connectivity index (χ0n) is 17.2. The second-order valence-corrected chi connectivity index (χ2v) is 8.03. The van der Waals surface area contributed by atoms with Gasteiger partial charge in [0.2, 0.25) is 0 Å². The van der Waals surface area contributed by atoms with E-state index in [1.165, 1.54) is 24.0 Å². The van der Waals surface area contributed by atoms with E-state index in [9.17, 15) is 9.18 Å². The summed E-state index contributed by atoms with van der Waals surface area (Å²) in [4.78, 5) is 28.0. The largest absolute Gasteiger partial charge is 0.374 e. The minimum Gasteiger partial charge on any atom is -0.374 e. The van der Waals surface area contributed by atoms with Gasteiger partial charge >= 0.3 is 0 Å². The van der Waals surface area contributed by atoms with Gasteiger partial charge in [-0.1, -0.05) is 38.1 Å². The van der Waals surface area contributed by atoms with Crippen LogP contribution in [0.25, 0.3) is 4.91 Å². The van der Waals surface area contributed by atoms with Crippen molar-refractivity contribution in [1.82, 2.24) is 20.2 Å². The zero-order valence-corrected chi connectivity index (χ0v) is 18.0. The van der Waals surface area contributed by atoms with Crippen molar-refractivity contribution in [2.45, 2.75) is 32.1 Å². The Labute approximate surface area is 180 Å². The fraction of sp³-hybridized carbons (Fsp3) is 0.364. The molecule has 1 unspecified atom stereocenters. The molecule has 3 rings (SSSR count). The molecule has 30 heavy (non-hydrogen) atoms. The van der Waals surface area contributed by atoms with Gasteiger partial charge in [0, 0.05) is 30.7 Å². The molecule has 2 aromatic rings. The van der Waals surface area contributed by atoms with Crippen LogP contribution in [0, 0.1) is 5.82 Å². The molecule has 1 N–H and O–H groups in total. The highest BCUT2D eigenvalue weighted by atomic mass is 32.2. The number of aromatic nitrogens is 2. The first-order valence-electron chi connectivity index (χ1n) is 10.1. The number of pyridine rings is 2. The molecule has 0 spiro atoms. The summed E-state index contributed by atoms with van der Waals surface area (Å²) >= 11 is 1.50. The summed E-state index contributed by atoms with van der Waals surface area (Å²) in [5.41, 5.74) is 1.72. The van der Waals surface area contributed by atoms with E-state index in [4.69, 9.17) is 0 Å². The molecule has 1 aliphatic heterocycles. The van der Waals surface area contributed by atoms with E-state index in [0.29, 0.717) is 17.9 Å². The van der Waals surface area contributed by atoms with E-state index < -0.39 is 0 Å². The standard InChI is InChI=1S/C22H26FN5OS/c1-3-5-10-28(4-2)11-9-25-21(29)19-8-6-7-18(27-19)20-15-26-22(30-20)16-12-17(23)14-24-13-16/h6-9,12-15,22,26H,3-5,10-11H2,1-2H3. The van der Waals surface area contributed by atoms with Crippen LogP contribution in [0.1, 0.15) is 53.8 Å². The summed E-state index contributed by atoms with van der Waals surface area (Å²) in [7, 11) is 0. The molecule has 1 amide bonds. The first-order valence-corrected chi connectivity index (χ1v) is 11.0. The lowest BCUT2D eigenvalue weighted by Gasteiger charge is -2.16. The quantitative estimate of drug-likeness (QED) is 0.602. The Balaban J connectivity index is 1.62. The number of unbranched alkanes of at least 4 members (excludes halogenated alkanes) is 1. The van der Waals surface area contributed by atoms with E-state index >= 15 is 0 Å². The Hall–Kier alpha value is -2.58. The maximum atomic E-state index is 13.4. The fourth-order valence-corrected chi connectivity index (χ4v) is 4.00. The molecule has 158 valence electrons. The Morgan fingerprint density at radius 1 is 1.37 bits per heavy atom. The molecule has 0 radical (unpaired) electrons. The summed E-state index contributed by atoms with van der Waals surface area (Å²) in [6, 6.07) is 6.76. The first-order chi connectivity index (χ1) is 14.6. The number of nitrogens with zero attached hydrogens (tertiary/aromatic N) is 4. The van der Waals surface area contributed by atoms with Crippen molar-refractivity contribution in [2.75, 3.05) is 19.6 Å². The lowest BCUT2D eigenvalue weighted by Crippen LogP contribution is -2.26. The lowest BCUT2D eigenvalue weighted by molar-refractivity contribution is 0.0998. The van der Waals surface area contributed by atoms with Gasteiger partial charge in [-0.15, -0.1) is 0 Å². The molecule has 1 aliphatic rings. The number of carbonyl (C=O) groups excluding carboxylic acids is 1. The molecule has 0 saturated heterocycles. The van der Waals surface area contributed by atoms with Gasteiger partial charge in [0.05, 0.1) is 16.8 Å². The van der Waals surface area contributed by atoms with Crippen LogP contribution in [0.3, 0.4) is 0 Å². The smallest absolute Gasteiger partial charge is 0.295 e. The lowest BCUT2D eigenvalue weighted by atomic mass is 10.2. The molecule has 3 heterocycles. The summed E-state index contributed by atoms with van der Waals surface area (Å²) in [5, 5.41) is 3.05. The molecular weight excluding hydrogens is 401 g/mol. The summed E-state index contributed by atoms with van der Waals surface area (Å²) in [6.45, 7) is 6.84. The Bertz CT molecular complexity index is 933. The van der Waals surface area contributed by atoms with Crippen LogP contribution in [0.15, 0.2) is 47.9 Å². The van der Waals surface area contributed by atoms with Crippen LogP contribution in [0.2, 0.25) is 0 Å². The molecule has 0 aliphatic carbocycles. The minimum atomic E-state index is -0.372. The molecule has 2 aromatic heterocycles. The Morgan fingerprint density at radius 2 is 2.23 bits per heavy atom. The van der Waals surface area contributed by atoms with Crippen molar-refractivity contribution < 1.29 is 9.18 Å². The number of halogens is 1. The highest BCUT2D eigenvalue weighted by Crippen LogP contribution is 2.41. The van der Waals surface area contributed by atoms with Gasteiger partial charge in [0.25, 0.3) is 5.91 Å². The number of hydrogen-bond donors (Lipinski definition) is 1. The van der Waals surface area contributed by atoms with Crippen molar-refractivity contribution in [2.24, 2.45) is 4.99 Å². The van der Waals surface area contributed by atoms with Gasteiger partial charge in [-0.2, -0.15) is 0 Å². The van der Waals surface area contributed by atoms with E-state index in [1.807, 2.05) is 12.3 Å². The van der Waals surface area contributed by atoms with Gasteiger partial charge < -0.3 is 5.32 Å². The van der Waals surface area contributed by atoms with Crippen LogP contribution < -0.4 is 5.32 Å². The topological polar surface area (TPSA) is 70.5 Å². The second-order valence-electron chi connectivity index (χ2n) is 6.88. The molecule has 0 aromatic carbocycles.